The zero-order valence-electron chi connectivity index (χ0n) is 20.9. The third kappa shape index (κ3) is 2.23. The molecule has 1 spiro atoms. The highest BCUT2D eigenvalue weighted by atomic mass is 16.4. The van der Waals surface area contributed by atoms with Crippen molar-refractivity contribution in [2.45, 2.75) is 43.8 Å². The van der Waals surface area contributed by atoms with E-state index in [2.05, 4.69) is 0 Å². The Kier molecular flexibility index (Phi) is 4.23. The molecule has 0 aromatic heterocycles. The van der Waals surface area contributed by atoms with E-state index in [0.29, 0.717) is 5.56 Å². The smallest absolute Gasteiger partial charge is 0.193 e. The zero-order chi connectivity index (χ0) is 29.0. The van der Waals surface area contributed by atoms with Crippen LogP contribution in [0.4, 0.5) is 0 Å². The summed E-state index contributed by atoms with van der Waals surface area (Å²) in [6.07, 6.45) is -2.16. The number of hydrogen-bond donors (Lipinski definition) is 6. The fourth-order valence-corrected chi connectivity index (χ4v) is 7.75. The second kappa shape index (κ2) is 6.93. The Balaban J connectivity index is 1.65. The molecule has 0 amide bonds. The van der Waals surface area contributed by atoms with Crippen molar-refractivity contribution in [3.8, 4) is 17.2 Å². The number of allylic oxidation sites excluding steroid dienone is 2. The van der Waals surface area contributed by atoms with Crippen molar-refractivity contribution >= 4 is 34.7 Å². The van der Waals surface area contributed by atoms with Gasteiger partial charge in [0.2, 0.25) is 0 Å². The first-order chi connectivity index (χ1) is 18.7. The van der Waals surface area contributed by atoms with Gasteiger partial charge >= 0.3 is 0 Å². The predicted octanol–water partition coefficient (Wildman–Crippen LogP) is 1.42. The van der Waals surface area contributed by atoms with Gasteiger partial charge in [0.1, 0.15) is 39.8 Å². The molecule has 0 aliphatic heterocycles. The number of fused-ring (bicyclic) bond motifs is 6. The minimum Gasteiger partial charge on any atom is -0.507 e. The Morgan fingerprint density at radius 2 is 1.52 bits per heavy atom. The third-order valence-electron chi connectivity index (χ3n) is 9.28. The lowest BCUT2D eigenvalue weighted by molar-refractivity contribution is -0.167. The molecule has 2 aromatic rings. The van der Waals surface area contributed by atoms with Gasteiger partial charge in [0, 0.05) is 28.7 Å². The number of rotatable bonds is 0. The molecular formula is C29H20O11. The summed E-state index contributed by atoms with van der Waals surface area (Å²) in [5.41, 5.74) is -8.78. The van der Waals surface area contributed by atoms with Crippen molar-refractivity contribution in [1.82, 2.24) is 0 Å². The highest BCUT2D eigenvalue weighted by Crippen LogP contribution is 2.71. The minimum absolute atomic E-state index is 0.0726. The number of aliphatic hydroxyl groups is 3. The zero-order valence-corrected chi connectivity index (χ0v) is 20.9. The molecule has 5 aliphatic rings. The van der Waals surface area contributed by atoms with E-state index >= 15 is 0 Å². The fraction of sp³-hybridized carbons (Fsp3) is 0.276. The highest BCUT2D eigenvalue weighted by molar-refractivity contribution is 6.29. The Morgan fingerprint density at radius 1 is 0.875 bits per heavy atom. The molecule has 0 saturated heterocycles. The predicted molar refractivity (Wildman–Crippen MR) is 132 cm³/mol. The molecule has 5 aliphatic carbocycles. The molecule has 0 heterocycles. The van der Waals surface area contributed by atoms with Gasteiger partial charge in [-0.25, -0.2) is 0 Å². The maximum absolute atomic E-state index is 14.2. The number of carbonyl (C=O) groups is 5. The van der Waals surface area contributed by atoms with E-state index < -0.39 is 121 Å². The molecule has 2 aromatic carbocycles. The van der Waals surface area contributed by atoms with Gasteiger partial charge in [-0.1, -0.05) is 0 Å². The second-order valence-corrected chi connectivity index (χ2v) is 11.1. The van der Waals surface area contributed by atoms with E-state index in [1.54, 1.807) is 6.92 Å². The summed E-state index contributed by atoms with van der Waals surface area (Å²) in [7, 11) is 0. The van der Waals surface area contributed by atoms with E-state index in [1.807, 2.05) is 0 Å². The van der Waals surface area contributed by atoms with Gasteiger partial charge in [0.25, 0.3) is 0 Å². The summed E-state index contributed by atoms with van der Waals surface area (Å²) in [5, 5.41) is 68.5. The van der Waals surface area contributed by atoms with Crippen LogP contribution in [0.15, 0.2) is 29.4 Å². The first-order valence-electron chi connectivity index (χ1n) is 12.4. The molecule has 11 nitrogen and oxygen atoms in total. The maximum atomic E-state index is 14.2. The quantitative estimate of drug-likeness (QED) is 0.261. The van der Waals surface area contributed by atoms with Crippen molar-refractivity contribution in [2.24, 2.45) is 5.41 Å². The van der Waals surface area contributed by atoms with Crippen LogP contribution in [0, 0.1) is 12.3 Å². The summed E-state index contributed by atoms with van der Waals surface area (Å²) < 4.78 is 0. The van der Waals surface area contributed by atoms with Crippen LogP contribution in [0.5, 0.6) is 17.2 Å². The topological polar surface area (TPSA) is 207 Å². The Hall–Kier alpha value is -4.61. The number of aliphatic hydroxyl groups excluding tert-OH is 2. The number of phenols is 3. The summed E-state index contributed by atoms with van der Waals surface area (Å²) in [4.78, 5) is 68.0. The number of carbonyl (C=O) groups excluding carboxylic acids is 5. The average Bonchev–Trinajstić information content (AvgIpc) is 3.12. The molecule has 0 radical (unpaired) electrons. The number of ketones is 5. The lowest BCUT2D eigenvalue weighted by atomic mass is 9.47. The molecule has 0 unspecified atom stereocenters. The van der Waals surface area contributed by atoms with E-state index in [4.69, 9.17) is 0 Å². The van der Waals surface area contributed by atoms with Gasteiger partial charge < -0.3 is 30.6 Å². The summed E-state index contributed by atoms with van der Waals surface area (Å²) in [5.74, 6) is -12.0. The van der Waals surface area contributed by atoms with E-state index in [0.717, 1.165) is 6.08 Å². The van der Waals surface area contributed by atoms with E-state index in [1.165, 1.54) is 19.1 Å². The van der Waals surface area contributed by atoms with Crippen molar-refractivity contribution in [3.05, 3.63) is 68.3 Å². The largest absolute Gasteiger partial charge is 0.507 e. The summed E-state index contributed by atoms with van der Waals surface area (Å²) in [6, 6.07) is 2.55. The fourth-order valence-electron chi connectivity index (χ4n) is 7.75. The molecule has 5 atom stereocenters. The van der Waals surface area contributed by atoms with Gasteiger partial charge in [-0.2, -0.15) is 0 Å². The van der Waals surface area contributed by atoms with Crippen LogP contribution in [-0.2, 0) is 9.59 Å². The van der Waals surface area contributed by atoms with Crippen molar-refractivity contribution in [1.29, 1.82) is 0 Å². The van der Waals surface area contributed by atoms with Crippen LogP contribution in [0.3, 0.4) is 0 Å². The highest BCUT2D eigenvalue weighted by Gasteiger charge is 2.81. The molecule has 7 rings (SSSR count). The lowest BCUT2D eigenvalue weighted by Crippen LogP contribution is -2.69. The molecule has 11 heteroatoms. The SMILES string of the molecule is CC1=CC(=O)c2c(O)c3c(c(O)c2C1=O)[C@H]1C(=O)C[C@]24C(=O)c5cc(C)cc(O)c5C(O)=C2C(=O)[C@@H]3[C@H](O)[C@]14O. The monoisotopic (exact) mass is 544 g/mol. The number of benzene rings is 2. The molecular weight excluding hydrogens is 524 g/mol. The van der Waals surface area contributed by atoms with Gasteiger partial charge in [0.15, 0.2) is 23.1 Å². The molecule has 2 saturated carbocycles. The molecule has 2 bridgehead atoms. The molecule has 202 valence electrons. The second-order valence-electron chi connectivity index (χ2n) is 11.1. The normalized spacial score (nSPS) is 31.6. The number of phenolic OH excluding ortho intramolecular Hbond substituents is 3. The van der Waals surface area contributed by atoms with Crippen LogP contribution in [0.2, 0.25) is 0 Å². The van der Waals surface area contributed by atoms with Crippen LogP contribution in [-0.4, -0.2) is 71.3 Å². The lowest BCUT2D eigenvalue weighted by Gasteiger charge is -2.56. The van der Waals surface area contributed by atoms with Crippen molar-refractivity contribution in [2.75, 3.05) is 0 Å². The number of hydrogen-bond acceptors (Lipinski definition) is 11. The molecule has 6 N–H and O–H groups in total. The Labute approximate surface area is 224 Å². The first-order valence-corrected chi connectivity index (χ1v) is 12.4. The van der Waals surface area contributed by atoms with Crippen LogP contribution in [0.25, 0.3) is 5.76 Å². The summed E-state index contributed by atoms with van der Waals surface area (Å²) in [6.45, 7) is 2.85. The number of Topliss-reactive ketones (excluding diaryl/α,β-unsaturated/α-hetero) is 4. The average molecular weight is 544 g/mol. The number of aromatic hydroxyl groups is 3. The van der Waals surface area contributed by atoms with Crippen LogP contribution in [0.1, 0.15) is 78.5 Å². The number of aryl methyl sites for hydroxylation is 1. The Morgan fingerprint density at radius 3 is 2.20 bits per heavy atom. The van der Waals surface area contributed by atoms with Gasteiger partial charge in [-0.3, -0.25) is 24.0 Å². The maximum Gasteiger partial charge on any atom is 0.193 e. The Bertz CT molecular complexity index is 1830. The third-order valence-corrected chi connectivity index (χ3v) is 9.28. The van der Waals surface area contributed by atoms with Gasteiger partial charge in [-0.15, -0.1) is 0 Å². The molecule has 40 heavy (non-hydrogen) atoms. The van der Waals surface area contributed by atoms with Crippen LogP contribution >= 0.6 is 0 Å². The van der Waals surface area contributed by atoms with Gasteiger partial charge in [-0.05, 0) is 37.6 Å². The van der Waals surface area contributed by atoms with E-state index in [-0.39, 0.29) is 11.1 Å². The van der Waals surface area contributed by atoms with Crippen LogP contribution < -0.4 is 0 Å². The van der Waals surface area contributed by atoms with Crippen molar-refractivity contribution in [3.63, 3.8) is 0 Å². The summed E-state index contributed by atoms with van der Waals surface area (Å²) >= 11 is 0. The van der Waals surface area contributed by atoms with E-state index in [9.17, 15) is 54.6 Å². The van der Waals surface area contributed by atoms with Crippen molar-refractivity contribution < 1.29 is 54.6 Å². The molecule has 2 fully saturated rings. The van der Waals surface area contributed by atoms with Gasteiger partial charge in [0.05, 0.1) is 40.2 Å². The minimum atomic E-state index is -2.82. The first kappa shape index (κ1) is 24.4. The standard InChI is InChI=1S/C29H20O11/c1-7-3-9-13(10(30)4-7)24(36)20-25(37)18-15-16(19-12(32)6-28(20,26(9)38)29(19,40)27(18)39)23(35)17-14(22(15)34)11(31)5-8(2)21(17)33/h3-5,18-19,27,30,34-36,39-40H,6H2,1-2H3/t18-,19-,27+,28-,29-/m1/s1.